The van der Waals surface area contributed by atoms with Crippen molar-refractivity contribution in [2.75, 3.05) is 26.4 Å². The van der Waals surface area contributed by atoms with Crippen molar-refractivity contribution in [3.05, 3.63) is 0 Å². The SMILES string of the molecule is CCC1(C)COCC1(F)C(C)(F)F.CCC1COCC1(F)C(C)(F)F. The molecule has 150 valence electrons. The second kappa shape index (κ2) is 7.25. The molecule has 0 N–H and O–H groups in total. The van der Waals surface area contributed by atoms with E-state index in [4.69, 9.17) is 9.47 Å². The van der Waals surface area contributed by atoms with Gasteiger partial charge in [0.05, 0.1) is 26.4 Å². The zero-order valence-electron chi connectivity index (χ0n) is 15.4. The van der Waals surface area contributed by atoms with Gasteiger partial charge in [0.1, 0.15) is 0 Å². The van der Waals surface area contributed by atoms with Crippen molar-refractivity contribution in [3.8, 4) is 0 Å². The lowest BCUT2D eigenvalue weighted by molar-refractivity contribution is -0.164. The Kier molecular flexibility index (Phi) is 6.54. The number of alkyl halides is 6. The second-order valence-electron chi connectivity index (χ2n) is 7.47. The molecule has 2 heterocycles. The fraction of sp³-hybridized carbons (Fsp3) is 1.00. The van der Waals surface area contributed by atoms with Crippen molar-refractivity contribution in [1.82, 2.24) is 0 Å². The zero-order valence-corrected chi connectivity index (χ0v) is 15.4. The third-order valence-corrected chi connectivity index (χ3v) is 5.66. The van der Waals surface area contributed by atoms with Crippen LogP contribution in [0.15, 0.2) is 0 Å². The summed E-state index contributed by atoms with van der Waals surface area (Å²) in [6.07, 6.45) is 0.743. The number of hydrogen-bond acceptors (Lipinski definition) is 2. The van der Waals surface area contributed by atoms with E-state index in [0.717, 1.165) is 0 Å². The molecule has 4 atom stereocenters. The van der Waals surface area contributed by atoms with Crippen LogP contribution in [0.1, 0.15) is 47.5 Å². The summed E-state index contributed by atoms with van der Waals surface area (Å²) in [5.74, 6) is -7.31. The first-order valence-electron chi connectivity index (χ1n) is 8.47. The fourth-order valence-electron chi connectivity index (χ4n) is 3.27. The maximum atomic E-state index is 14.0. The summed E-state index contributed by atoms with van der Waals surface area (Å²) in [6, 6.07) is 0. The summed E-state index contributed by atoms with van der Waals surface area (Å²) in [5, 5.41) is 0. The van der Waals surface area contributed by atoms with E-state index in [1.165, 1.54) is 6.92 Å². The first kappa shape index (κ1) is 22.5. The Morgan fingerprint density at radius 3 is 1.80 bits per heavy atom. The molecule has 25 heavy (non-hydrogen) atoms. The molecule has 0 radical (unpaired) electrons. The van der Waals surface area contributed by atoms with Gasteiger partial charge < -0.3 is 9.47 Å². The predicted octanol–water partition coefficient (Wildman–Crippen LogP) is 5.20. The van der Waals surface area contributed by atoms with Gasteiger partial charge in [-0.3, -0.25) is 0 Å². The quantitative estimate of drug-likeness (QED) is 0.626. The second-order valence-corrected chi connectivity index (χ2v) is 7.47. The Bertz CT molecular complexity index is 449. The summed E-state index contributed by atoms with van der Waals surface area (Å²) in [5.41, 5.74) is -6.04. The third-order valence-electron chi connectivity index (χ3n) is 5.66. The topological polar surface area (TPSA) is 18.5 Å². The van der Waals surface area contributed by atoms with Crippen molar-refractivity contribution in [2.24, 2.45) is 11.3 Å². The van der Waals surface area contributed by atoms with Crippen molar-refractivity contribution >= 4 is 0 Å². The monoisotopic (exact) mass is 378 g/mol. The summed E-state index contributed by atoms with van der Waals surface area (Å²) in [7, 11) is 0. The van der Waals surface area contributed by atoms with Crippen LogP contribution in [-0.4, -0.2) is 49.6 Å². The smallest absolute Gasteiger partial charge is 0.281 e. The molecule has 0 aromatic rings. The molecule has 0 bridgehead atoms. The molecule has 0 aromatic heterocycles. The molecular formula is C17H28F6O2. The molecule has 2 fully saturated rings. The molecule has 0 spiro atoms. The van der Waals surface area contributed by atoms with E-state index >= 15 is 0 Å². The van der Waals surface area contributed by atoms with Crippen LogP contribution in [0, 0.1) is 11.3 Å². The van der Waals surface area contributed by atoms with E-state index in [9.17, 15) is 26.3 Å². The molecule has 2 aliphatic heterocycles. The van der Waals surface area contributed by atoms with Crippen LogP contribution in [0.25, 0.3) is 0 Å². The largest absolute Gasteiger partial charge is 0.377 e. The van der Waals surface area contributed by atoms with Crippen LogP contribution in [0.4, 0.5) is 26.3 Å². The Hall–Kier alpha value is -0.500. The van der Waals surface area contributed by atoms with Crippen LogP contribution in [0.2, 0.25) is 0 Å². The van der Waals surface area contributed by atoms with Crippen LogP contribution < -0.4 is 0 Å². The summed E-state index contributed by atoms with van der Waals surface area (Å²) < 4.78 is 88.8. The minimum Gasteiger partial charge on any atom is -0.377 e. The molecule has 2 nitrogen and oxygen atoms in total. The summed E-state index contributed by atoms with van der Waals surface area (Å²) >= 11 is 0. The standard InChI is InChI=1S/C9H15F3O.C8H13F3O/c1-4-7(2)5-13-6-9(7,12)8(3,10)11;1-3-6-4-12-5-8(6,11)7(2,9)10/h4-6H2,1-3H3;6H,3-5H2,1-2H3. The van der Waals surface area contributed by atoms with Crippen molar-refractivity contribution in [3.63, 3.8) is 0 Å². The number of rotatable bonds is 4. The highest BCUT2D eigenvalue weighted by Crippen LogP contribution is 2.51. The Balaban J connectivity index is 0.000000251. The first-order chi connectivity index (χ1) is 11.2. The van der Waals surface area contributed by atoms with E-state index < -0.39 is 47.7 Å². The van der Waals surface area contributed by atoms with Crippen LogP contribution in [0.5, 0.6) is 0 Å². The van der Waals surface area contributed by atoms with Crippen LogP contribution >= 0.6 is 0 Å². The molecule has 0 saturated carbocycles. The van der Waals surface area contributed by atoms with Gasteiger partial charge >= 0.3 is 0 Å². The van der Waals surface area contributed by atoms with E-state index in [1.54, 1.807) is 13.8 Å². The van der Waals surface area contributed by atoms with Gasteiger partial charge in [-0.05, 0) is 12.8 Å². The van der Waals surface area contributed by atoms with Gasteiger partial charge in [0, 0.05) is 25.2 Å². The minimum absolute atomic E-state index is 0.0728. The molecule has 0 aliphatic carbocycles. The number of halogens is 6. The zero-order chi connectivity index (χ0) is 19.7. The van der Waals surface area contributed by atoms with E-state index in [2.05, 4.69) is 0 Å². The summed E-state index contributed by atoms with van der Waals surface area (Å²) in [6.45, 7) is 5.35. The lowest BCUT2D eigenvalue weighted by Crippen LogP contribution is -2.53. The minimum atomic E-state index is -3.34. The average molecular weight is 378 g/mol. The molecule has 4 unspecified atom stereocenters. The van der Waals surface area contributed by atoms with Gasteiger partial charge in [-0.2, -0.15) is 0 Å². The maximum absolute atomic E-state index is 14.0. The van der Waals surface area contributed by atoms with Crippen LogP contribution in [-0.2, 0) is 9.47 Å². The van der Waals surface area contributed by atoms with Crippen molar-refractivity contribution in [1.29, 1.82) is 0 Å². The molecule has 0 aromatic carbocycles. The lowest BCUT2D eigenvalue weighted by Gasteiger charge is -2.38. The van der Waals surface area contributed by atoms with Gasteiger partial charge in [0.2, 0.25) is 11.3 Å². The van der Waals surface area contributed by atoms with E-state index in [1.807, 2.05) is 0 Å². The van der Waals surface area contributed by atoms with Gasteiger partial charge in [0.25, 0.3) is 11.8 Å². The molecule has 0 amide bonds. The Morgan fingerprint density at radius 1 is 0.920 bits per heavy atom. The van der Waals surface area contributed by atoms with Gasteiger partial charge in [-0.1, -0.05) is 20.8 Å². The highest BCUT2D eigenvalue weighted by Gasteiger charge is 2.65. The maximum Gasteiger partial charge on any atom is 0.281 e. The highest BCUT2D eigenvalue weighted by atomic mass is 19.3. The average Bonchev–Trinajstić information content (AvgIpc) is 3.01. The molecular weight excluding hydrogens is 350 g/mol. The normalized spacial score (nSPS) is 39.2. The van der Waals surface area contributed by atoms with E-state index in [-0.39, 0.29) is 13.2 Å². The fourth-order valence-corrected chi connectivity index (χ4v) is 3.27. The first-order valence-corrected chi connectivity index (χ1v) is 8.47. The van der Waals surface area contributed by atoms with Crippen LogP contribution in [0.3, 0.4) is 0 Å². The van der Waals surface area contributed by atoms with Gasteiger partial charge in [-0.25, -0.2) is 26.3 Å². The highest BCUT2D eigenvalue weighted by molar-refractivity contribution is 5.07. The van der Waals surface area contributed by atoms with Crippen molar-refractivity contribution < 1.29 is 35.8 Å². The van der Waals surface area contributed by atoms with E-state index in [0.29, 0.717) is 26.7 Å². The number of ether oxygens (including phenoxy) is 2. The molecule has 2 saturated heterocycles. The molecule has 2 rings (SSSR count). The lowest BCUT2D eigenvalue weighted by atomic mass is 9.72. The number of hydrogen-bond donors (Lipinski definition) is 0. The Morgan fingerprint density at radius 2 is 1.48 bits per heavy atom. The summed E-state index contributed by atoms with van der Waals surface area (Å²) in [4.78, 5) is 0. The van der Waals surface area contributed by atoms with Crippen molar-refractivity contribution in [2.45, 2.75) is 70.6 Å². The Labute approximate surface area is 145 Å². The van der Waals surface area contributed by atoms with Gasteiger partial charge in [0.15, 0.2) is 0 Å². The molecule has 8 heteroatoms. The third kappa shape index (κ3) is 3.94. The predicted molar refractivity (Wildman–Crippen MR) is 82.7 cm³/mol. The van der Waals surface area contributed by atoms with Gasteiger partial charge in [-0.15, -0.1) is 0 Å². The molecule has 2 aliphatic rings.